The summed E-state index contributed by atoms with van der Waals surface area (Å²) < 4.78 is 6.37. The topological polar surface area (TPSA) is 65.4 Å². The van der Waals surface area contributed by atoms with Crippen LogP contribution in [-0.2, 0) is 11.3 Å². The number of nitrogens with zero attached hydrogens (tertiary/aromatic N) is 1. The molecule has 1 heterocycles. The Morgan fingerprint density at radius 3 is 2.68 bits per heavy atom. The molecule has 2 aromatic rings. The lowest BCUT2D eigenvalue weighted by molar-refractivity contribution is -0.126. The number of carbonyl (C=O) groups is 1. The van der Waals surface area contributed by atoms with Gasteiger partial charge in [0.05, 0.1) is 6.54 Å². The number of amidine groups is 1. The van der Waals surface area contributed by atoms with Crippen molar-refractivity contribution >= 4 is 27.7 Å². The standard InChI is InChI=1S/C16H14BrN3O2/c17-12-5-7-13(8-6-12)22-10-15(21)19-20-9-11-3-1-2-4-14(11)16(20)18/h1-8,18H,9-10H2,(H,19,21). The predicted octanol–water partition coefficient (Wildman–Crippen LogP) is 2.70. The van der Waals surface area contributed by atoms with Crippen LogP contribution in [0.15, 0.2) is 53.0 Å². The molecule has 6 heteroatoms. The van der Waals surface area contributed by atoms with E-state index < -0.39 is 0 Å². The van der Waals surface area contributed by atoms with Gasteiger partial charge < -0.3 is 4.74 Å². The lowest BCUT2D eigenvalue weighted by atomic mass is 10.1. The summed E-state index contributed by atoms with van der Waals surface area (Å²) in [6, 6.07) is 14.9. The second-order valence-electron chi connectivity index (χ2n) is 4.87. The third kappa shape index (κ3) is 3.12. The van der Waals surface area contributed by atoms with Gasteiger partial charge in [-0.3, -0.25) is 20.6 Å². The number of rotatable bonds is 4. The largest absolute Gasteiger partial charge is 0.484 e. The maximum Gasteiger partial charge on any atom is 0.276 e. The molecule has 3 rings (SSSR count). The number of amides is 1. The van der Waals surface area contributed by atoms with Gasteiger partial charge in [0.15, 0.2) is 6.61 Å². The molecular formula is C16H14BrN3O2. The highest BCUT2D eigenvalue weighted by Gasteiger charge is 2.24. The maximum absolute atomic E-state index is 12.0. The fourth-order valence-electron chi connectivity index (χ4n) is 2.24. The Morgan fingerprint density at radius 1 is 1.23 bits per heavy atom. The Balaban J connectivity index is 1.55. The summed E-state index contributed by atoms with van der Waals surface area (Å²) in [5, 5.41) is 9.59. The summed E-state index contributed by atoms with van der Waals surface area (Å²) in [5.41, 5.74) is 4.57. The number of carbonyl (C=O) groups excluding carboxylic acids is 1. The van der Waals surface area contributed by atoms with Crippen LogP contribution in [0.1, 0.15) is 11.1 Å². The number of halogens is 1. The van der Waals surface area contributed by atoms with E-state index in [1.54, 1.807) is 12.1 Å². The number of hydrogen-bond donors (Lipinski definition) is 2. The van der Waals surface area contributed by atoms with E-state index in [4.69, 9.17) is 10.1 Å². The van der Waals surface area contributed by atoms with Crippen LogP contribution < -0.4 is 10.2 Å². The minimum Gasteiger partial charge on any atom is -0.484 e. The van der Waals surface area contributed by atoms with Crippen molar-refractivity contribution in [2.45, 2.75) is 6.54 Å². The van der Waals surface area contributed by atoms with E-state index in [2.05, 4.69) is 21.4 Å². The molecular weight excluding hydrogens is 346 g/mol. The van der Waals surface area contributed by atoms with E-state index >= 15 is 0 Å². The maximum atomic E-state index is 12.0. The molecule has 1 amide bonds. The summed E-state index contributed by atoms with van der Waals surface area (Å²) >= 11 is 3.34. The zero-order valence-electron chi connectivity index (χ0n) is 11.7. The average molecular weight is 360 g/mol. The third-order valence-corrected chi connectivity index (χ3v) is 3.84. The summed E-state index contributed by atoms with van der Waals surface area (Å²) in [5.74, 6) is 0.631. The van der Waals surface area contributed by atoms with Gasteiger partial charge in [-0.05, 0) is 29.8 Å². The van der Waals surface area contributed by atoms with E-state index in [-0.39, 0.29) is 12.5 Å². The highest BCUT2D eigenvalue weighted by atomic mass is 79.9. The number of benzene rings is 2. The molecule has 0 radical (unpaired) electrons. The molecule has 2 aromatic carbocycles. The van der Waals surface area contributed by atoms with Crippen molar-refractivity contribution in [2.24, 2.45) is 0 Å². The molecule has 5 nitrogen and oxygen atoms in total. The molecule has 0 bridgehead atoms. The minimum absolute atomic E-state index is 0.0955. The summed E-state index contributed by atoms with van der Waals surface area (Å²) in [6.45, 7) is 0.404. The van der Waals surface area contributed by atoms with Gasteiger partial charge in [-0.2, -0.15) is 0 Å². The van der Waals surface area contributed by atoms with Crippen LogP contribution in [-0.4, -0.2) is 23.4 Å². The first kappa shape index (κ1) is 14.6. The van der Waals surface area contributed by atoms with Crippen LogP contribution in [0.25, 0.3) is 0 Å². The van der Waals surface area contributed by atoms with Gasteiger partial charge in [-0.15, -0.1) is 0 Å². The van der Waals surface area contributed by atoms with Gasteiger partial charge in [0, 0.05) is 10.0 Å². The van der Waals surface area contributed by atoms with Crippen molar-refractivity contribution in [3.63, 3.8) is 0 Å². The molecule has 0 aliphatic carbocycles. The lowest BCUT2D eigenvalue weighted by Gasteiger charge is -2.19. The van der Waals surface area contributed by atoms with Crippen LogP contribution in [0.3, 0.4) is 0 Å². The van der Waals surface area contributed by atoms with E-state index in [1.165, 1.54) is 5.01 Å². The number of ether oxygens (including phenoxy) is 1. The predicted molar refractivity (Wildman–Crippen MR) is 86.6 cm³/mol. The number of hydrogen-bond acceptors (Lipinski definition) is 3. The van der Waals surface area contributed by atoms with Crippen molar-refractivity contribution < 1.29 is 9.53 Å². The van der Waals surface area contributed by atoms with E-state index in [1.807, 2.05) is 36.4 Å². The zero-order chi connectivity index (χ0) is 15.5. The van der Waals surface area contributed by atoms with Gasteiger partial charge in [-0.25, -0.2) is 0 Å². The molecule has 112 valence electrons. The minimum atomic E-state index is -0.291. The van der Waals surface area contributed by atoms with Crippen LogP contribution in [0.5, 0.6) is 5.75 Å². The van der Waals surface area contributed by atoms with Gasteiger partial charge >= 0.3 is 0 Å². The SMILES string of the molecule is N=C1c2ccccc2CN1NC(=O)COc1ccc(Br)cc1. The molecule has 1 aliphatic heterocycles. The quantitative estimate of drug-likeness (QED) is 0.881. The number of nitrogens with one attached hydrogen (secondary N) is 2. The molecule has 0 unspecified atom stereocenters. The van der Waals surface area contributed by atoms with E-state index in [0.29, 0.717) is 18.1 Å². The molecule has 0 fully saturated rings. The van der Waals surface area contributed by atoms with Crippen molar-refractivity contribution in [1.29, 1.82) is 5.41 Å². The number of fused-ring (bicyclic) bond motifs is 1. The third-order valence-electron chi connectivity index (χ3n) is 3.31. The van der Waals surface area contributed by atoms with Crippen molar-refractivity contribution in [3.05, 3.63) is 64.1 Å². The molecule has 2 N–H and O–H groups in total. The zero-order valence-corrected chi connectivity index (χ0v) is 13.3. The number of hydrazine groups is 1. The van der Waals surface area contributed by atoms with Crippen molar-refractivity contribution in [3.8, 4) is 5.75 Å². The Labute approximate surface area is 136 Å². The van der Waals surface area contributed by atoms with Crippen LogP contribution in [0, 0.1) is 5.41 Å². The molecule has 0 aromatic heterocycles. The molecule has 0 saturated heterocycles. The first-order valence-electron chi connectivity index (χ1n) is 6.76. The second-order valence-corrected chi connectivity index (χ2v) is 5.79. The molecule has 0 spiro atoms. The fourth-order valence-corrected chi connectivity index (χ4v) is 2.51. The highest BCUT2D eigenvalue weighted by molar-refractivity contribution is 9.10. The van der Waals surface area contributed by atoms with E-state index in [9.17, 15) is 4.79 Å². The molecule has 1 aliphatic rings. The molecule has 0 atom stereocenters. The Morgan fingerprint density at radius 2 is 1.95 bits per heavy atom. The molecule has 0 saturated carbocycles. The molecule has 22 heavy (non-hydrogen) atoms. The van der Waals surface area contributed by atoms with Crippen molar-refractivity contribution in [2.75, 3.05) is 6.61 Å². The van der Waals surface area contributed by atoms with Crippen LogP contribution in [0.4, 0.5) is 0 Å². The fraction of sp³-hybridized carbons (Fsp3) is 0.125. The summed E-state index contributed by atoms with van der Waals surface area (Å²) in [7, 11) is 0. The van der Waals surface area contributed by atoms with Crippen LogP contribution >= 0.6 is 15.9 Å². The van der Waals surface area contributed by atoms with Crippen LogP contribution in [0.2, 0.25) is 0 Å². The summed E-state index contributed by atoms with van der Waals surface area (Å²) in [6.07, 6.45) is 0. The van der Waals surface area contributed by atoms with Crippen molar-refractivity contribution in [1.82, 2.24) is 10.4 Å². The lowest BCUT2D eigenvalue weighted by Crippen LogP contribution is -2.44. The Hall–Kier alpha value is -2.34. The van der Waals surface area contributed by atoms with Gasteiger partial charge in [0.1, 0.15) is 11.6 Å². The Bertz CT molecular complexity index is 716. The summed E-state index contributed by atoms with van der Waals surface area (Å²) in [4.78, 5) is 12.0. The van der Waals surface area contributed by atoms with Gasteiger partial charge in [-0.1, -0.05) is 40.2 Å². The van der Waals surface area contributed by atoms with Gasteiger partial charge in [0.25, 0.3) is 5.91 Å². The monoisotopic (exact) mass is 359 g/mol. The van der Waals surface area contributed by atoms with Gasteiger partial charge in [0.2, 0.25) is 0 Å². The normalized spacial score (nSPS) is 13.0. The first-order valence-corrected chi connectivity index (χ1v) is 7.55. The smallest absolute Gasteiger partial charge is 0.276 e. The first-order chi connectivity index (χ1) is 10.6. The Kier molecular flexibility index (Phi) is 4.11. The second kappa shape index (κ2) is 6.19. The van der Waals surface area contributed by atoms with E-state index in [0.717, 1.165) is 15.6 Å². The average Bonchev–Trinajstić information content (AvgIpc) is 2.83. The highest BCUT2D eigenvalue weighted by Crippen LogP contribution is 2.20.